The summed E-state index contributed by atoms with van der Waals surface area (Å²) in [5.41, 5.74) is 1.06. The van der Waals surface area contributed by atoms with Gasteiger partial charge in [0.1, 0.15) is 0 Å². The van der Waals surface area contributed by atoms with Gasteiger partial charge in [0.2, 0.25) is 10.0 Å². The fraction of sp³-hybridized carbons (Fsp3) is 0.733. The molecule has 0 aromatic carbocycles. The van der Waals surface area contributed by atoms with Gasteiger partial charge in [-0.3, -0.25) is 0 Å². The maximum absolute atomic E-state index is 12.5. The van der Waals surface area contributed by atoms with Gasteiger partial charge in [-0.2, -0.15) is 0 Å². The highest BCUT2D eigenvalue weighted by Gasteiger charge is 2.28. The second-order valence-corrected chi connectivity index (χ2v) is 7.43. The van der Waals surface area contributed by atoms with Gasteiger partial charge in [-0.15, -0.1) is 0 Å². The molecule has 0 spiro atoms. The summed E-state index contributed by atoms with van der Waals surface area (Å²) in [6, 6.07) is 2.30. The molecule has 1 aromatic rings. The lowest BCUT2D eigenvalue weighted by atomic mass is 10.2. The number of hydrogen-bond donors (Lipinski definition) is 2. The maximum Gasteiger partial charge on any atom is 0.242 e. The van der Waals surface area contributed by atoms with Crippen LogP contribution in [0.25, 0.3) is 0 Å². The highest BCUT2D eigenvalue weighted by Crippen LogP contribution is 2.37. The predicted molar refractivity (Wildman–Crippen MR) is 84.8 cm³/mol. The average molecular weight is 313 g/mol. The monoisotopic (exact) mass is 313 g/mol. The molecule has 2 N–H and O–H groups in total. The third kappa shape index (κ3) is 4.08. The minimum Gasteiger partial charge on any atom is -0.346 e. The standard InChI is InChI=1S/C15H27N3O2S/c1-4-12(5-2)17-21(19,20)15-9-14(10-16-6-3)18(11-15)13-7-8-13/h9,11-13,16-17H,4-8,10H2,1-3H3. The van der Waals surface area contributed by atoms with Gasteiger partial charge >= 0.3 is 0 Å². The molecule has 5 nitrogen and oxygen atoms in total. The SMILES string of the molecule is CCNCc1cc(S(=O)(=O)NC(CC)CC)cn1C1CC1. The van der Waals surface area contributed by atoms with Crippen molar-refractivity contribution in [2.75, 3.05) is 6.54 Å². The van der Waals surface area contributed by atoms with Crippen molar-refractivity contribution >= 4 is 10.0 Å². The van der Waals surface area contributed by atoms with Gasteiger partial charge in [0, 0.05) is 30.5 Å². The summed E-state index contributed by atoms with van der Waals surface area (Å²) >= 11 is 0. The first kappa shape index (κ1) is 16.5. The van der Waals surface area contributed by atoms with E-state index in [2.05, 4.69) is 21.5 Å². The van der Waals surface area contributed by atoms with E-state index in [0.717, 1.165) is 37.9 Å². The summed E-state index contributed by atoms with van der Waals surface area (Å²) in [5.74, 6) is 0. The van der Waals surface area contributed by atoms with Gasteiger partial charge in [0.25, 0.3) is 0 Å². The Morgan fingerprint density at radius 1 is 1.29 bits per heavy atom. The van der Waals surface area contributed by atoms with Gasteiger partial charge in [-0.05, 0) is 38.3 Å². The summed E-state index contributed by atoms with van der Waals surface area (Å²) < 4.78 is 29.9. The molecule has 6 heteroatoms. The fourth-order valence-electron chi connectivity index (χ4n) is 2.47. The zero-order valence-corrected chi connectivity index (χ0v) is 14.0. The number of aromatic nitrogens is 1. The first-order valence-electron chi connectivity index (χ1n) is 7.95. The van der Waals surface area contributed by atoms with Crippen LogP contribution in [0.3, 0.4) is 0 Å². The smallest absolute Gasteiger partial charge is 0.242 e. The number of nitrogens with one attached hydrogen (secondary N) is 2. The van der Waals surface area contributed by atoms with Crippen molar-refractivity contribution in [1.82, 2.24) is 14.6 Å². The van der Waals surface area contributed by atoms with Crippen LogP contribution in [0.2, 0.25) is 0 Å². The van der Waals surface area contributed by atoms with Crippen LogP contribution in [0.1, 0.15) is 58.2 Å². The van der Waals surface area contributed by atoms with E-state index in [1.807, 2.05) is 19.9 Å². The molecule has 0 atom stereocenters. The quantitative estimate of drug-likeness (QED) is 0.736. The van der Waals surface area contributed by atoms with Crippen molar-refractivity contribution in [3.63, 3.8) is 0 Å². The molecule has 1 aliphatic rings. The lowest BCUT2D eigenvalue weighted by Gasteiger charge is -2.13. The number of rotatable bonds is 9. The van der Waals surface area contributed by atoms with Crippen molar-refractivity contribution in [1.29, 1.82) is 0 Å². The molecule has 0 saturated heterocycles. The molecule has 2 rings (SSSR count). The Morgan fingerprint density at radius 2 is 1.95 bits per heavy atom. The molecule has 120 valence electrons. The molecular weight excluding hydrogens is 286 g/mol. The van der Waals surface area contributed by atoms with Crippen molar-refractivity contribution in [2.45, 2.75) is 70.0 Å². The molecule has 0 bridgehead atoms. The van der Waals surface area contributed by atoms with Crippen molar-refractivity contribution < 1.29 is 8.42 Å². The summed E-state index contributed by atoms with van der Waals surface area (Å²) in [7, 11) is -3.41. The van der Waals surface area contributed by atoms with Crippen molar-refractivity contribution in [3.8, 4) is 0 Å². The largest absolute Gasteiger partial charge is 0.346 e. The van der Waals surface area contributed by atoms with Crippen LogP contribution in [-0.4, -0.2) is 25.6 Å². The molecule has 0 radical (unpaired) electrons. The van der Waals surface area contributed by atoms with E-state index in [1.54, 1.807) is 6.20 Å². The minimum atomic E-state index is -3.41. The lowest BCUT2D eigenvalue weighted by molar-refractivity contribution is 0.530. The molecule has 0 amide bonds. The molecule has 1 aromatic heterocycles. The second-order valence-electron chi connectivity index (χ2n) is 5.72. The average Bonchev–Trinajstić information content (AvgIpc) is 3.22. The van der Waals surface area contributed by atoms with E-state index in [-0.39, 0.29) is 6.04 Å². The third-order valence-corrected chi connectivity index (χ3v) is 5.51. The van der Waals surface area contributed by atoms with E-state index >= 15 is 0 Å². The Hall–Kier alpha value is -0.850. The summed E-state index contributed by atoms with van der Waals surface area (Å²) in [6.45, 7) is 7.65. The minimum absolute atomic E-state index is 0.0106. The van der Waals surface area contributed by atoms with E-state index in [0.29, 0.717) is 17.5 Å². The normalized spacial score (nSPS) is 15.8. The van der Waals surface area contributed by atoms with Gasteiger partial charge in [0.15, 0.2) is 0 Å². The molecular formula is C15H27N3O2S. The zero-order valence-electron chi connectivity index (χ0n) is 13.2. The zero-order chi connectivity index (χ0) is 15.5. The van der Waals surface area contributed by atoms with Crippen LogP contribution in [0, 0.1) is 0 Å². The lowest BCUT2D eigenvalue weighted by Crippen LogP contribution is -2.33. The molecule has 1 fully saturated rings. The molecule has 0 aliphatic heterocycles. The Labute approximate surface area is 128 Å². The fourth-order valence-corrected chi connectivity index (χ4v) is 3.93. The van der Waals surface area contributed by atoms with E-state index < -0.39 is 10.0 Å². The van der Waals surface area contributed by atoms with E-state index in [9.17, 15) is 8.42 Å². The van der Waals surface area contributed by atoms with Crippen LogP contribution in [-0.2, 0) is 16.6 Å². The highest BCUT2D eigenvalue weighted by molar-refractivity contribution is 7.89. The second kappa shape index (κ2) is 6.94. The topological polar surface area (TPSA) is 63.1 Å². The third-order valence-electron chi connectivity index (χ3n) is 4.02. The Kier molecular flexibility index (Phi) is 5.46. The highest BCUT2D eigenvalue weighted by atomic mass is 32.2. The molecule has 1 aliphatic carbocycles. The maximum atomic E-state index is 12.5. The predicted octanol–water partition coefficient (Wildman–Crippen LogP) is 2.40. The number of hydrogen-bond acceptors (Lipinski definition) is 3. The Bertz CT molecular complexity index is 557. The molecule has 21 heavy (non-hydrogen) atoms. The van der Waals surface area contributed by atoms with E-state index in [4.69, 9.17) is 0 Å². The molecule has 0 unspecified atom stereocenters. The number of sulfonamides is 1. The van der Waals surface area contributed by atoms with Crippen LogP contribution >= 0.6 is 0 Å². The summed E-state index contributed by atoms with van der Waals surface area (Å²) in [6.07, 6.45) is 5.71. The van der Waals surface area contributed by atoms with Crippen molar-refractivity contribution in [3.05, 3.63) is 18.0 Å². The summed E-state index contributed by atoms with van der Waals surface area (Å²) in [5, 5.41) is 3.28. The van der Waals surface area contributed by atoms with Gasteiger partial charge in [0.05, 0.1) is 4.90 Å². The van der Waals surface area contributed by atoms with Crippen LogP contribution in [0.15, 0.2) is 17.2 Å². The van der Waals surface area contributed by atoms with Crippen LogP contribution in [0.5, 0.6) is 0 Å². The Balaban J connectivity index is 2.22. The number of nitrogens with zero attached hydrogens (tertiary/aromatic N) is 1. The first-order chi connectivity index (χ1) is 10.0. The van der Waals surface area contributed by atoms with Crippen LogP contribution < -0.4 is 10.0 Å². The Morgan fingerprint density at radius 3 is 2.48 bits per heavy atom. The first-order valence-corrected chi connectivity index (χ1v) is 9.43. The van der Waals surface area contributed by atoms with Gasteiger partial charge in [-0.1, -0.05) is 20.8 Å². The summed E-state index contributed by atoms with van der Waals surface area (Å²) in [4.78, 5) is 0.397. The van der Waals surface area contributed by atoms with Gasteiger partial charge < -0.3 is 9.88 Å². The molecule has 1 heterocycles. The van der Waals surface area contributed by atoms with Gasteiger partial charge in [-0.25, -0.2) is 13.1 Å². The van der Waals surface area contributed by atoms with E-state index in [1.165, 1.54) is 0 Å². The van der Waals surface area contributed by atoms with Crippen LogP contribution in [0.4, 0.5) is 0 Å². The molecule has 1 saturated carbocycles. The van der Waals surface area contributed by atoms with Crippen molar-refractivity contribution in [2.24, 2.45) is 0 Å².